The largest absolute Gasteiger partial charge is 0.411 e. The van der Waals surface area contributed by atoms with Crippen molar-refractivity contribution in [3.8, 4) is 0 Å². The molecule has 1 N–H and O–H groups in total. The fourth-order valence-electron chi connectivity index (χ4n) is 1.85. The van der Waals surface area contributed by atoms with Crippen molar-refractivity contribution in [2.75, 3.05) is 18.0 Å². The van der Waals surface area contributed by atoms with Gasteiger partial charge in [-0.25, -0.2) is 0 Å². The van der Waals surface area contributed by atoms with E-state index >= 15 is 0 Å². The molecule has 0 saturated carbocycles. The lowest BCUT2D eigenvalue weighted by molar-refractivity contribution is 0.315. The first kappa shape index (κ1) is 9.96. The van der Waals surface area contributed by atoms with Crippen molar-refractivity contribution in [1.82, 2.24) is 4.98 Å². The second kappa shape index (κ2) is 4.29. The zero-order valence-electron chi connectivity index (χ0n) is 8.85. The van der Waals surface area contributed by atoms with Gasteiger partial charge in [-0.3, -0.25) is 4.98 Å². The molecule has 1 aromatic heterocycles. The van der Waals surface area contributed by atoms with E-state index in [1.807, 2.05) is 19.2 Å². The van der Waals surface area contributed by atoms with Gasteiger partial charge in [0, 0.05) is 43.5 Å². The van der Waals surface area contributed by atoms with Crippen LogP contribution in [0.4, 0.5) is 5.69 Å². The second-order valence-corrected chi connectivity index (χ2v) is 3.81. The van der Waals surface area contributed by atoms with E-state index in [4.69, 9.17) is 5.21 Å². The molecule has 1 aliphatic rings. The number of oxime groups is 1. The first-order chi connectivity index (χ1) is 7.29. The third-order valence-corrected chi connectivity index (χ3v) is 2.73. The van der Waals surface area contributed by atoms with Crippen molar-refractivity contribution < 1.29 is 5.21 Å². The van der Waals surface area contributed by atoms with Gasteiger partial charge in [-0.2, -0.15) is 0 Å². The molecule has 0 unspecified atom stereocenters. The highest BCUT2D eigenvalue weighted by atomic mass is 16.4. The Balaban J connectivity index is 2.07. The highest BCUT2D eigenvalue weighted by molar-refractivity contribution is 5.86. The van der Waals surface area contributed by atoms with E-state index in [1.165, 1.54) is 5.69 Å². The van der Waals surface area contributed by atoms with Gasteiger partial charge in [-0.1, -0.05) is 5.16 Å². The van der Waals surface area contributed by atoms with E-state index in [2.05, 4.69) is 21.1 Å². The number of pyridine rings is 1. The van der Waals surface area contributed by atoms with Gasteiger partial charge in [0.2, 0.25) is 0 Å². The summed E-state index contributed by atoms with van der Waals surface area (Å²) in [4.78, 5) is 6.47. The molecular formula is C11H15N3O. The van der Waals surface area contributed by atoms with Gasteiger partial charge >= 0.3 is 0 Å². The minimum atomic E-state index is 0.845. The molecule has 1 aliphatic heterocycles. The van der Waals surface area contributed by atoms with Gasteiger partial charge in [0.15, 0.2) is 0 Å². The molecular weight excluding hydrogens is 190 g/mol. The van der Waals surface area contributed by atoms with E-state index in [0.29, 0.717) is 0 Å². The summed E-state index contributed by atoms with van der Waals surface area (Å²) < 4.78 is 0. The van der Waals surface area contributed by atoms with Crippen LogP contribution in [0.5, 0.6) is 0 Å². The van der Waals surface area contributed by atoms with Crippen LogP contribution in [0.2, 0.25) is 0 Å². The summed E-state index contributed by atoms with van der Waals surface area (Å²) in [5.74, 6) is 0. The number of hydrogen-bond donors (Lipinski definition) is 1. The minimum absolute atomic E-state index is 0.845. The van der Waals surface area contributed by atoms with Crippen LogP contribution >= 0.6 is 0 Å². The first-order valence-corrected chi connectivity index (χ1v) is 5.17. The van der Waals surface area contributed by atoms with Crippen LogP contribution in [0.3, 0.4) is 0 Å². The molecule has 0 spiro atoms. The van der Waals surface area contributed by atoms with E-state index in [9.17, 15) is 0 Å². The van der Waals surface area contributed by atoms with Gasteiger partial charge < -0.3 is 10.1 Å². The zero-order chi connectivity index (χ0) is 10.7. The molecule has 15 heavy (non-hydrogen) atoms. The Morgan fingerprint density at radius 1 is 1.40 bits per heavy atom. The molecule has 0 aromatic carbocycles. The minimum Gasteiger partial charge on any atom is -0.411 e. The van der Waals surface area contributed by atoms with Crippen molar-refractivity contribution in [3.63, 3.8) is 0 Å². The van der Waals surface area contributed by atoms with Gasteiger partial charge in [0.25, 0.3) is 0 Å². The van der Waals surface area contributed by atoms with Crippen molar-refractivity contribution >= 4 is 11.4 Å². The van der Waals surface area contributed by atoms with E-state index in [-0.39, 0.29) is 0 Å². The summed E-state index contributed by atoms with van der Waals surface area (Å²) in [5.41, 5.74) is 3.14. The van der Waals surface area contributed by atoms with E-state index in [0.717, 1.165) is 37.3 Å². The number of rotatable bonds is 1. The summed E-state index contributed by atoms with van der Waals surface area (Å²) in [6.07, 6.45) is 3.52. The molecule has 2 rings (SSSR count). The van der Waals surface area contributed by atoms with Crippen molar-refractivity contribution in [3.05, 3.63) is 24.0 Å². The molecule has 1 fully saturated rings. The van der Waals surface area contributed by atoms with Gasteiger partial charge in [-0.05, 0) is 19.1 Å². The van der Waals surface area contributed by atoms with Crippen molar-refractivity contribution in [1.29, 1.82) is 0 Å². The number of aromatic nitrogens is 1. The highest BCUT2D eigenvalue weighted by Gasteiger charge is 2.15. The van der Waals surface area contributed by atoms with Crippen molar-refractivity contribution in [2.24, 2.45) is 5.16 Å². The van der Waals surface area contributed by atoms with Crippen LogP contribution < -0.4 is 4.90 Å². The fourth-order valence-corrected chi connectivity index (χ4v) is 1.85. The molecule has 0 bridgehead atoms. The molecule has 4 heteroatoms. The maximum absolute atomic E-state index is 8.65. The third-order valence-electron chi connectivity index (χ3n) is 2.73. The molecule has 0 atom stereocenters. The number of nitrogens with zero attached hydrogens (tertiary/aromatic N) is 3. The van der Waals surface area contributed by atoms with Crippen LogP contribution in [0, 0.1) is 6.92 Å². The van der Waals surface area contributed by atoms with E-state index < -0.39 is 0 Å². The maximum Gasteiger partial charge on any atom is 0.0606 e. The van der Waals surface area contributed by atoms with Crippen LogP contribution in [0.15, 0.2) is 23.5 Å². The molecule has 4 nitrogen and oxygen atoms in total. The number of aryl methyl sites for hydroxylation is 1. The lowest BCUT2D eigenvalue weighted by atomic mass is 10.1. The van der Waals surface area contributed by atoms with Crippen molar-refractivity contribution in [2.45, 2.75) is 19.8 Å². The quantitative estimate of drug-likeness (QED) is 0.562. The summed E-state index contributed by atoms with van der Waals surface area (Å²) in [5, 5.41) is 11.9. The Hall–Kier alpha value is -1.58. The normalized spacial score (nSPS) is 16.6. The maximum atomic E-state index is 8.65. The van der Waals surface area contributed by atoms with E-state index in [1.54, 1.807) is 0 Å². The molecule has 0 aliphatic carbocycles. The average molecular weight is 205 g/mol. The Morgan fingerprint density at radius 3 is 2.73 bits per heavy atom. The Kier molecular flexibility index (Phi) is 2.85. The van der Waals surface area contributed by atoms with Crippen LogP contribution in [0.1, 0.15) is 18.5 Å². The molecule has 1 aromatic rings. The van der Waals surface area contributed by atoms with Crippen LogP contribution in [-0.4, -0.2) is 29.0 Å². The predicted octanol–water partition coefficient (Wildman–Crippen LogP) is 1.82. The summed E-state index contributed by atoms with van der Waals surface area (Å²) in [6, 6.07) is 4.11. The number of piperidine rings is 1. The molecule has 0 radical (unpaired) electrons. The molecule has 2 heterocycles. The summed E-state index contributed by atoms with van der Waals surface area (Å²) >= 11 is 0. The smallest absolute Gasteiger partial charge is 0.0606 e. The molecule has 80 valence electrons. The summed E-state index contributed by atoms with van der Waals surface area (Å²) in [7, 11) is 0. The van der Waals surface area contributed by atoms with Gasteiger partial charge in [-0.15, -0.1) is 0 Å². The number of anilines is 1. The first-order valence-electron chi connectivity index (χ1n) is 5.17. The lowest BCUT2D eigenvalue weighted by Crippen LogP contribution is -2.33. The Labute approximate surface area is 89.2 Å². The topological polar surface area (TPSA) is 48.7 Å². The fraction of sp³-hybridized carbons (Fsp3) is 0.455. The van der Waals surface area contributed by atoms with Gasteiger partial charge in [0.1, 0.15) is 0 Å². The highest BCUT2D eigenvalue weighted by Crippen LogP contribution is 2.18. The van der Waals surface area contributed by atoms with Gasteiger partial charge in [0.05, 0.1) is 5.71 Å². The summed E-state index contributed by atoms with van der Waals surface area (Å²) in [6.45, 7) is 3.83. The van der Waals surface area contributed by atoms with Crippen LogP contribution in [0.25, 0.3) is 0 Å². The molecule has 1 saturated heterocycles. The standard InChI is InChI=1S/C11H15N3O/c1-9-8-11(2-5-12-9)14-6-3-10(13-15)4-7-14/h2,5,8,15H,3-4,6-7H2,1H3. The monoisotopic (exact) mass is 205 g/mol. The predicted molar refractivity (Wildman–Crippen MR) is 59.6 cm³/mol. The SMILES string of the molecule is Cc1cc(N2CCC(=NO)CC2)ccn1. The number of hydrogen-bond acceptors (Lipinski definition) is 4. The van der Waals surface area contributed by atoms with Crippen LogP contribution in [-0.2, 0) is 0 Å². The second-order valence-electron chi connectivity index (χ2n) is 3.81. The Bertz CT molecular complexity index is 366. The Morgan fingerprint density at radius 2 is 2.13 bits per heavy atom. The zero-order valence-corrected chi connectivity index (χ0v) is 8.85. The lowest BCUT2D eigenvalue weighted by Gasteiger charge is -2.29. The molecule has 0 amide bonds. The third kappa shape index (κ3) is 2.26. The average Bonchev–Trinajstić information content (AvgIpc) is 2.29.